The Morgan fingerprint density at radius 1 is 0.821 bits per heavy atom. The molecule has 3 aliphatic carbocycles. The van der Waals surface area contributed by atoms with E-state index in [1.165, 1.54) is 22.3 Å². The van der Waals surface area contributed by atoms with Crippen LogP contribution in [-0.2, 0) is 4.79 Å². The van der Waals surface area contributed by atoms with Crippen LogP contribution in [0.5, 0.6) is 5.75 Å². The van der Waals surface area contributed by atoms with E-state index in [2.05, 4.69) is 60.8 Å². The number of amides is 1. The molecule has 28 heavy (non-hydrogen) atoms. The molecule has 0 saturated carbocycles. The number of fused-ring (bicyclic) bond motifs is 1. The van der Waals surface area contributed by atoms with Crippen LogP contribution in [0.4, 0.5) is 5.69 Å². The van der Waals surface area contributed by atoms with Crippen LogP contribution in [0.1, 0.15) is 41.0 Å². The molecule has 140 valence electrons. The number of rotatable bonds is 3. The van der Waals surface area contributed by atoms with Gasteiger partial charge in [-0.3, -0.25) is 4.79 Å². The van der Waals surface area contributed by atoms with Crippen molar-refractivity contribution in [3.05, 3.63) is 95.1 Å². The summed E-state index contributed by atoms with van der Waals surface area (Å²) in [6, 6.07) is 24.8. The second kappa shape index (κ2) is 6.52. The number of hydrogen-bond acceptors (Lipinski definition) is 2. The van der Waals surface area contributed by atoms with Crippen molar-refractivity contribution in [1.29, 1.82) is 0 Å². The summed E-state index contributed by atoms with van der Waals surface area (Å²) >= 11 is 0. The van der Waals surface area contributed by atoms with Crippen molar-refractivity contribution < 1.29 is 9.53 Å². The molecule has 2 atom stereocenters. The largest absolute Gasteiger partial charge is 0.497 e. The fourth-order valence-electron chi connectivity index (χ4n) is 5.27. The molecule has 3 aromatic carbocycles. The Balaban J connectivity index is 1.57. The Hall–Kier alpha value is -3.07. The number of benzene rings is 3. The quantitative estimate of drug-likeness (QED) is 0.691. The standard InChI is InChI=1S/C25H23NO2/c1-15-22-18-10-3-5-12-20(18)24(21-13-6-4-11-19(21)22)23(15)25(27)26-16-8-7-9-17(14-16)28-2/h3-15,22-24H,1-2H3,(H,26,27)/t15-,22?,23-,24?/m1/s1. The number of methoxy groups -OCH3 is 1. The van der Waals surface area contributed by atoms with Gasteiger partial charge in [0.05, 0.1) is 13.0 Å². The maximum atomic E-state index is 13.4. The van der Waals surface area contributed by atoms with Crippen LogP contribution < -0.4 is 10.1 Å². The maximum absolute atomic E-state index is 13.4. The van der Waals surface area contributed by atoms with Crippen LogP contribution >= 0.6 is 0 Å². The normalized spacial score (nSPS) is 24.2. The van der Waals surface area contributed by atoms with Gasteiger partial charge in [0.15, 0.2) is 0 Å². The Labute approximate surface area is 165 Å². The number of anilines is 1. The van der Waals surface area contributed by atoms with Crippen LogP contribution in [0.2, 0.25) is 0 Å². The first kappa shape index (κ1) is 17.1. The molecule has 3 heteroatoms. The van der Waals surface area contributed by atoms with Crippen LogP contribution in [-0.4, -0.2) is 13.0 Å². The summed E-state index contributed by atoms with van der Waals surface area (Å²) in [6.07, 6.45) is 0. The lowest BCUT2D eigenvalue weighted by molar-refractivity contribution is -0.122. The maximum Gasteiger partial charge on any atom is 0.228 e. The highest BCUT2D eigenvalue weighted by molar-refractivity contribution is 5.95. The van der Waals surface area contributed by atoms with Gasteiger partial charge in [-0.15, -0.1) is 0 Å². The van der Waals surface area contributed by atoms with Gasteiger partial charge in [0.25, 0.3) is 0 Å². The third kappa shape index (κ3) is 2.46. The molecule has 1 amide bonds. The first-order valence-corrected chi connectivity index (χ1v) is 9.81. The van der Waals surface area contributed by atoms with Crippen molar-refractivity contribution in [3.63, 3.8) is 0 Å². The molecule has 0 fully saturated rings. The molecule has 1 N–H and O–H groups in total. The lowest BCUT2D eigenvalue weighted by Gasteiger charge is -2.49. The van der Waals surface area contributed by atoms with E-state index in [1.54, 1.807) is 7.11 Å². The van der Waals surface area contributed by atoms with Crippen LogP contribution in [0.25, 0.3) is 0 Å². The molecule has 0 saturated heterocycles. The highest BCUT2D eigenvalue weighted by Gasteiger charge is 2.50. The highest BCUT2D eigenvalue weighted by Crippen LogP contribution is 2.58. The first-order chi connectivity index (χ1) is 13.7. The van der Waals surface area contributed by atoms with Crippen LogP contribution in [0.3, 0.4) is 0 Å². The SMILES string of the molecule is COc1cccc(NC(=O)[C@H]2C3c4ccccc4C(c4ccccc43)[C@H]2C)c1. The molecule has 0 heterocycles. The van der Waals surface area contributed by atoms with E-state index >= 15 is 0 Å². The van der Waals surface area contributed by atoms with Gasteiger partial charge < -0.3 is 10.1 Å². The molecule has 0 radical (unpaired) electrons. The average molecular weight is 369 g/mol. The Morgan fingerprint density at radius 3 is 1.96 bits per heavy atom. The molecule has 0 aromatic heterocycles. The second-order valence-electron chi connectivity index (χ2n) is 7.82. The van der Waals surface area contributed by atoms with Gasteiger partial charge in [0.2, 0.25) is 5.91 Å². The topological polar surface area (TPSA) is 38.3 Å². The van der Waals surface area contributed by atoms with Gasteiger partial charge in [-0.25, -0.2) is 0 Å². The van der Waals surface area contributed by atoms with E-state index in [0.717, 1.165) is 11.4 Å². The third-order valence-corrected chi connectivity index (χ3v) is 6.42. The predicted octanol–water partition coefficient (Wildman–Crippen LogP) is 5.18. The summed E-state index contributed by atoms with van der Waals surface area (Å²) in [5.41, 5.74) is 6.14. The zero-order chi connectivity index (χ0) is 19.3. The molecule has 3 aliphatic rings. The minimum atomic E-state index is -0.0963. The molecule has 0 aliphatic heterocycles. The molecule has 0 unspecified atom stereocenters. The second-order valence-corrected chi connectivity index (χ2v) is 7.82. The number of nitrogens with one attached hydrogen (secondary N) is 1. The van der Waals surface area contributed by atoms with E-state index in [1.807, 2.05) is 24.3 Å². The smallest absolute Gasteiger partial charge is 0.228 e. The van der Waals surface area contributed by atoms with Gasteiger partial charge in [-0.05, 0) is 40.3 Å². The third-order valence-electron chi connectivity index (χ3n) is 6.42. The van der Waals surface area contributed by atoms with E-state index < -0.39 is 0 Å². The van der Waals surface area contributed by atoms with E-state index in [-0.39, 0.29) is 29.6 Å². The minimum Gasteiger partial charge on any atom is -0.497 e. The monoisotopic (exact) mass is 369 g/mol. The number of carbonyl (C=O) groups is 1. The summed E-state index contributed by atoms with van der Waals surface area (Å²) in [4.78, 5) is 13.4. The lowest BCUT2D eigenvalue weighted by Crippen LogP contribution is -2.44. The van der Waals surface area contributed by atoms with Crippen LogP contribution in [0.15, 0.2) is 72.8 Å². The fourth-order valence-corrected chi connectivity index (χ4v) is 5.27. The zero-order valence-electron chi connectivity index (χ0n) is 16.1. The van der Waals surface area contributed by atoms with Gasteiger partial charge in [0, 0.05) is 23.6 Å². The summed E-state index contributed by atoms with van der Waals surface area (Å²) < 4.78 is 5.29. The Bertz CT molecular complexity index is 1010. The minimum absolute atomic E-state index is 0.0831. The van der Waals surface area contributed by atoms with Crippen molar-refractivity contribution >= 4 is 11.6 Å². The molecule has 0 spiro atoms. The molecule has 6 rings (SSSR count). The van der Waals surface area contributed by atoms with Gasteiger partial charge >= 0.3 is 0 Å². The van der Waals surface area contributed by atoms with Gasteiger partial charge in [-0.2, -0.15) is 0 Å². The van der Waals surface area contributed by atoms with Crippen molar-refractivity contribution in [2.24, 2.45) is 11.8 Å². The molecule has 3 aromatic rings. The summed E-state index contributed by atoms with van der Waals surface area (Å²) in [5, 5.41) is 3.14. The van der Waals surface area contributed by atoms with E-state index in [0.29, 0.717) is 0 Å². The predicted molar refractivity (Wildman–Crippen MR) is 111 cm³/mol. The van der Waals surface area contributed by atoms with Crippen LogP contribution in [0, 0.1) is 11.8 Å². The fraction of sp³-hybridized carbons (Fsp3) is 0.240. The number of hydrogen-bond donors (Lipinski definition) is 1. The molecule has 3 nitrogen and oxygen atoms in total. The van der Waals surface area contributed by atoms with Crippen molar-refractivity contribution in [2.75, 3.05) is 12.4 Å². The summed E-state index contributed by atoms with van der Waals surface area (Å²) in [5.74, 6) is 1.32. The van der Waals surface area contributed by atoms with E-state index in [9.17, 15) is 4.79 Å². The first-order valence-electron chi connectivity index (χ1n) is 9.81. The lowest BCUT2D eigenvalue weighted by atomic mass is 9.54. The van der Waals surface area contributed by atoms with E-state index in [4.69, 9.17) is 4.74 Å². The highest BCUT2D eigenvalue weighted by atomic mass is 16.5. The summed E-state index contributed by atoms with van der Waals surface area (Å²) in [6.45, 7) is 2.22. The summed E-state index contributed by atoms with van der Waals surface area (Å²) in [7, 11) is 1.64. The Morgan fingerprint density at radius 2 is 1.39 bits per heavy atom. The molecule has 2 bridgehead atoms. The van der Waals surface area contributed by atoms with Crippen molar-refractivity contribution in [2.45, 2.75) is 18.8 Å². The number of ether oxygens (including phenoxy) is 1. The zero-order valence-corrected chi connectivity index (χ0v) is 16.1. The van der Waals surface area contributed by atoms with Crippen molar-refractivity contribution in [3.8, 4) is 5.75 Å². The van der Waals surface area contributed by atoms with Gasteiger partial charge in [-0.1, -0.05) is 61.5 Å². The average Bonchev–Trinajstić information content (AvgIpc) is 2.73. The molecular formula is C25H23NO2. The molecular weight excluding hydrogens is 346 g/mol. The Kier molecular flexibility index (Phi) is 3.97. The number of carbonyl (C=O) groups excluding carboxylic acids is 1. The van der Waals surface area contributed by atoms with Gasteiger partial charge in [0.1, 0.15) is 5.75 Å². The van der Waals surface area contributed by atoms with Crippen molar-refractivity contribution in [1.82, 2.24) is 0 Å².